The molecular weight excluding hydrogens is 721 g/mol. The van der Waals surface area contributed by atoms with E-state index in [1.54, 1.807) is 0 Å². The first-order valence-corrected chi connectivity index (χ1v) is 16.4. The highest BCUT2D eigenvalue weighted by molar-refractivity contribution is 14.1. The molecule has 3 aliphatic rings. The van der Waals surface area contributed by atoms with E-state index < -0.39 is 55.8 Å². The summed E-state index contributed by atoms with van der Waals surface area (Å²) in [5, 5.41) is 0. The number of hydrogen-bond acceptors (Lipinski definition) is 3. The van der Waals surface area contributed by atoms with Gasteiger partial charge in [-0.2, -0.15) is 26.3 Å². The lowest BCUT2D eigenvalue weighted by atomic mass is 9.76. The van der Waals surface area contributed by atoms with Gasteiger partial charge in [-0.3, -0.25) is 4.79 Å². The monoisotopic (exact) mass is 749 g/mol. The van der Waals surface area contributed by atoms with E-state index in [0.29, 0.717) is 28.5 Å². The lowest BCUT2D eigenvalue weighted by Gasteiger charge is -2.44. The van der Waals surface area contributed by atoms with Crippen LogP contribution in [0.4, 0.5) is 35.1 Å². The van der Waals surface area contributed by atoms with Gasteiger partial charge in [-0.05, 0) is 103 Å². The Labute approximate surface area is 257 Å². The predicted octanol–water partition coefficient (Wildman–Crippen LogP) is 7.86. The van der Waals surface area contributed by atoms with Crippen LogP contribution in [0.3, 0.4) is 0 Å². The van der Waals surface area contributed by atoms with E-state index in [9.17, 15) is 43.9 Å². The van der Waals surface area contributed by atoms with Gasteiger partial charge in [0.15, 0.2) is 15.5 Å². The molecule has 1 saturated heterocycles. The van der Waals surface area contributed by atoms with Crippen molar-refractivity contribution in [1.29, 1.82) is 0 Å². The van der Waals surface area contributed by atoms with Crippen LogP contribution in [-0.4, -0.2) is 49.8 Å². The molecule has 0 spiro atoms. The molecule has 2 atom stereocenters. The number of halogens is 9. The maximum absolute atomic E-state index is 16.1. The number of aryl methyl sites for hydroxylation is 1. The maximum Gasteiger partial charge on any atom is 0.435 e. The first-order chi connectivity index (χ1) is 19.9. The second-order valence-electron chi connectivity index (χ2n) is 11.6. The van der Waals surface area contributed by atoms with Crippen LogP contribution in [0.1, 0.15) is 68.1 Å². The minimum atomic E-state index is -6.34. The molecule has 0 N–H and O–H groups in total. The molecule has 2 aliphatic carbocycles. The lowest BCUT2D eigenvalue weighted by Crippen LogP contribution is -2.56. The Morgan fingerprint density at radius 2 is 1.44 bits per heavy atom. The van der Waals surface area contributed by atoms with Gasteiger partial charge in [0.05, 0.1) is 10.9 Å². The summed E-state index contributed by atoms with van der Waals surface area (Å²) in [6.07, 6.45) is -11.0. The van der Waals surface area contributed by atoms with Crippen molar-refractivity contribution in [2.45, 2.75) is 97.2 Å². The Bertz CT molecular complexity index is 1490. The molecule has 1 heterocycles. The third-order valence-electron chi connectivity index (χ3n) is 9.21. The van der Waals surface area contributed by atoms with Gasteiger partial charge in [0.25, 0.3) is 5.91 Å². The minimum Gasteiger partial charge on any atom is -0.335 e. The van der Waals surface area contributed by atoms with Crippen LogP contribution in [0.15, 0.2) is 47.4 Å². The van der Waals surface area contributed by atoms with Gasteiger partial charge in [-0.15, -0.1) is 0 Å². The molecule has 0 radical (unpaired) electrons. The number of alkyl halides is 8. The number of benzene rings is 2. The number of carbonyl (C=O) groups is 1. The minimum absolute atomic E-state index is 0.0284. The second-order valence-corrected chi connectivity index (χ2v) is 15.0. The first kappa shape index (κ1) is 32.4. The molecule has 236 valence electrons. The van der Waals surface area contributed by atoms with Crippen LogP contribution < -0.4 is 0 Å². The molecule has 0 unspecified atom stereocenters. The molecule has 43 heavy (non-hydrogen) atoms. The molecule has 2 fully saturated rings. The fourth-order valence-corrected chi connectivity index (χ4v) is 9.78. The number of rotatable bonds is 4. The van der Waals surface area contributed by atoms with Crippen LogP contribution >= 0.6 is 22.6 Å². The van der Waals surface area contributed by atoms with Gasteiger partial charge in [0, 0.05) is 15.7 Å². The van der Waals surface area contributed by atoms with Crippen molar-refractivity contribution in [2.75, 3.05) is 6.54 Å². The van der Waals surface area contributed by atoms with Crippen LogP contribution in [0.5, 0.6) is 0 Å². The number of hydrogen-bond donors (Lipinski definition) is 0. The molecule has 1 aliphatic heterocycles. The van der Waals surface area contributed by atoms with Crippen LogP contribution in [0.2, 0.25) is 0 Å². The number of carbonyl (C=O) groups excluding carboxylic acids is 1. The Balaban J connectivity index is 1.68. The molecule has 2 aromatic rings. The topological polar surface area (TPSA) is 54.5 Å². The molecule has 0 bridgehead atoms. The standard InChI is InChI=1S/C29H28F8INO3S/c30-25(13-3-1-2-4-14-25)24(40)39-16-15-26(43(41,42)21-9-7-20(38)8-10-21)22-11-6-19(17-18(22)5-12-23(26)39)27(31,28(32,33)34)29(35,36)37/h6-11,17,23H,1-5,12-16H2/t23-,26-/m1/s1. The van der Waals surface area contributed by atoms with Crippen molar-refractivity contribution in [2.24, 2.45) is 0 Å². The number of likely N-dealkylation sites (tertiary alicyclic amines) is 1. The van der Waals surface area contributed by atoms with E-state index in [2.05, 4.69) is 0 Å². The van der Waals surface area contributed by atoms with Crippen molar-refractivity contribution < 1.29 is 48.3 Å². The summed E-state index contributed by atoms with van der Waals surface area (Å²) >= 11 is 1.96. The smallest absolute Gasteiger partial charge is 0.335 e. The largest absolute Gasteiger partial charge is 0.435 e. The Morgan fingerprint density at radius 3 is 2.00 bits per heavy atom. The van der Waals surface area contributed by atoms with E-state index in [-0.39, 0.29) is 54.7 Å². The first-order valence-electron chi connectivity index (χ1n) is 13.9. The zero-order valence-electron chi connectivity index (χ0n) is 22.7. The Morgan fingerprint density at radius 1 is 0.860 bits per heavy atom. The average molecular weight is 750 g/mol. The Hall–Kier alpha value is -1.97. The van der Waals surface area contributed by atoms with E-state index in [4.69, 9.17) is 0 Å². The van der Waals surface area contributed by atoms with Gasteiger partial charge in [0.1, 0.15) is 4.75 Å². The van der Waals surface area contributed by atoms with Crippen molar-refractivity contribution in [3.8, 4) is 0 Å². The summed E-state index contributed by atoms with van der Waals surface area (Å²) in [7, 11) is -4.48. The number of sulfone groups is 1. The molecule has 1 amide bonds. The SMILES string of the molecule is O=C(N1CC[C@@]2(S(=O)(=O)c3ccc(I)cc3)c3ccc(C(F)(C(F)(F)F)C(F)(F)F)cc3CC[C@@H]12)C1(F)CCCCCC1. The highest BCUT2D eigenvalue weighted by Crippen LogP contribution is 2.57. The molecule has 5 rings (SSSR count). The third-order valence-corrected chi connectivity index (χ3v) is 12.5. The van der Waals surface area contributed by atoms with Crippen molar-refractivity contribution >= 4 is 38.3 Å². The van der Waals surface area contributed by atoms with Crippen LogP contribution in [-0.2, 0) is 31.5 Å². The van der Waals surface area contributed by atoms with Crippen LogP contribution in [0, 0.1) is 3.57 Å². The van der Waals surface area contributed by atoms with Gasteiger partial charge in [-0.25, -0.2) is 17.2 Å². The van der Waals surface area contributed by atoms with Gasteiger partial charge in [-0.1, -0.05) is 31.0 Å². The number of amides is 1. The molecule has 1 saturated carbocycles. The highest BCUT2D eigenvalue weighted by Gasteiger charge is 2.74. The van der Waals surface area contributed by atoms with E-state index in [1.807, 2.05) is 22.6 Å². The van der Waals surface area contributed by atoms with Gasteiger partial charge in [0.2, 0.25) is 0 Å². The number of fused-ring (bicyclic) bond motifs is 3. The molecule has 4 nitrogen and oxygen atoms in total. The van der Waals surface area contributed by atoms with Crippen LogP contribution in [0.25, 0.3) is 0 Å². The number of nitrogens with zero attached hydrogens (tertiary/aromatic N) is 1. The maximum atomic E-state index is 16.1. The summed E-state index contributed by atoms with van der Waals surface area (Å²) in [5.74, 6) is -0.851. The van der Waals surface area contributed by atoms with E-state index >= 15 is 4.39 Å². The second kappa shape index (κ2) is 10.8. The van der Waals surface area contributed by atoms with E-state index in [1.165, 1.54) is 29.2 Å². The van der Waals surface area contributed by atoms with Gasteiger partial charge < -0.3 is 4.90 Å². The summed E-state index contributed by atoms with van der Waals surface area (Å²) < 4.78 is 140. The molecule has 0 aromatic heterocycles. The molecule has 2 aromatic carbocycles. The van der Waals surface area contributed by atoms with Crippen molar-refractivity contribution in [3.63, 3.8) is 0 Å². The third kappa shape index (κ3) is 4.96. The predicted molar refractivity (Wildman–Crippen MR) is 149 cm³/mol. The zero-order chi connectivity index (χ0) is 31.6. The summed E-state index contributed by atoms with van der Waals surface area (Å²) in [6.45, 7) is -0.182. The Kier molecular flexibility index (Phi) is 8.17. The summed E-state index contributed by atoms with van der Waals surface area (Å²) in [5.41, 5.74) is -9.92. The lowest BCUT2D eigenvalue weighted by molar-refractivity contribution is -0.348. The van der Waals surface area contributed by atoms with Crippen molar-refractivity contribution in [1.82, 2.24) is 4.90 Å². The highest BCUT2D eigenvalue weighted by atomic mass is 127. The molecular formula is C29H28F8INO3S. The van der Waals surface area contributed by atoms with Crippen molar-refractivity contribution in [3.05, 3.63) is 62.7 Å². The fraction of sp³-hybridized carbons (Fsp3) is 0.552. The molecule has 14 heteroatoms. The van der Waals surface area contributed by atoms with E-state index in [0.717, 1.165) is 18.9 Å². The fourth-order valence-electron chi connectivity index (χ4n) is 7.06. The normalized spacial score (nSPS) is 24.7. The average Bonchev–Trinajstić information content (AvgIpc) is 3.20. The summed E-state index contributed by atoms with van der Waals surface area (Å²) in [6, 6.07) is 6.13. The summed E-state index contributed by atoms with van der Waals surface area (Å²) in [4.78, 5) is 14.8. The zero-order valence-corrected chi connectivity index (χ0v) is 25.6. The quantitative estimate of drug-likeness (QED) is 0.182. The van der Waals surface area contributed by atoms with Gasteiger partial charge >= 0.3 is 18.0 Å².